The molecule has 1 aromatic heterocycles. The number of H-pyrrole nitrogens is 1. The molecule has 0 spiro atoms. The Labute approximate surface area is 163 Å². The highest BCUT2D eigenvalue weighted by Gasteiger charge is 2.17. The zero-order valence-corrected chi connectivity index (χ0v) is 16.3. The Balaban J connectivity index is 1.69. The summed E-state index contributed by atoms with van der Waals surface area (Å²) in [5.74, 6) is 1.27. The largest absolute Gasteiger partial charge is 0.493 e. The molecule has 1 heterocycles. The van der Waals surface area contributed by atoms with Gasteiger partial charge in [0, 0.05) is 12.2 Å². The van der Waals surface area contributed by atoms with Crippen LogP contribution in [0.15, 0.2) is 36.4 Å². The van der Waals surface area contributed by atoms with E-state index >= 15 is 0 Å². The van der Waals surface area contributed by atoms with Gasteiger partial charge in [-0.05, 0) is 54.8 Å². The van der Waals surface area contributed by atoms with Crippen molar-refractivity contribution in [3.8, 4) is 11.5 Å². The molecule has 3 aromatic rings. The van der Waals surface area contributed by atoms with E-state index in [1.165, 1.54) is 5.56 Å². The van der Waals surface area contributed by atoms with Gasteiger partial charge in [0.2, 0.25) is 0 Å². The fourth-order valence-corrected chi connectivity index (χ4v) is 2.69. The van der Waals surface area contributed by atoms with Crippen molar-refractivity contribution in [2.24, 2.45) is 0 Å². The van der Waals surface area contributed by atoms with E-state index in [9.17, 15) is 4.79 Å². The van der Waals surface area contributed by atoms with Gasteiger partial charge in [-0.25, -0.2) is 0 Å². The van der Waals surface area contributed by atoms with Crippen LogP contribution >= 0.6 is 0 Å². The molecule has 0 aliphatic heterocycles. The fraction of sp³-hybridized carbons (Fsp3) is 0.250. The molecule has 0 aliphatic rings. The number of aryl methyl sites for hydroxylation is 2. The summed E-state index contributed by atoms with van der Waals surface area (Å²) in [6.45, 7) is 4.39. The van der Waals surface area contributed by atoms with Crippen molar-refractivity contribution >= 4 is 17.4 Å². The number of hydrogen-bond donors (Lipinski definition) is 3. The summed E-state index contributed by atoms with van der Waals surface area (Å²) in [5, 5.41) is 16.5. The van der Waals surface area contributed by atoms with Crippen molar-refractivity contribution in [3.05, 3.63) is 58.8 Å². The zero-order valence-electron chi connectivity index (χ0n) is 16.3. The summed E-state index contributed by atoms with van der Waals surface area (Å²) in [6.07, 6.45) is 0. The van der Waals surface area contributed by atoms with Crippen LogP contribution in [-0.2, 0) is 6.54 Å². The molecule has 28 heavy (non-hydrogen) atoms. The summed E-state index contributed by atoms with van der Waals surface area (Å²) in [7, 11) is 3.15. The average molecular weight is 381 g/mol. The lowest BCUT2D eigenvalue weighted by Gasteiger charge is -2.10. The lowest BCUT2D eigenvalue weighted by Crippen LogP contribution is -2.24. The summed E-state index contributed by atoms with van der Waals surface area (Å²) in [6, 6.07) is 11.4. The summed E-state index contributed by atoms with van der Waals surface area (Å²) < 4.78 is 10.5. The predicted molar refractivity (Wildman–Crippen MR) is 106 cm³/mol. The molecule has 0 unspecified atom stereocenters. The third kappa shape index (κ3) is 4.22. The summed E-state index contributed by atoms with van der Waals surface area (Å²) >= 11 is 0. The van der Waals surface area contributed by atoms with Gasteiger partial charge in [-0.15, -0.1) is 10.2 Å². The lowest BCUT2D eigenvalue weighted by atomic mass is 10.1. The Kier molecular flexibility index (Phi) is 5.78. The molecule has 0 atom stereocenters. The number of nitrogens with zero attached hydrogens (tertiary/aromatic N) is 2. The molecule has 0 aliphatic carbocycles. The molecule has 146 valence electrons. The molecule has 0 radical (unpaired) electrons. The molecule has 0 saturated carbocycles. The first-order valence-corrected chi connectivity index (χ1v) is 8.76. The minimum Gasteiger partial charge on any atom is -0.493 e. The highest BCUT2D eigenvalue weighted by atomic mass is 16.5. The van der Waals surface area contributed by atoms with Crippen molar-refractivity contribution in [2.75, 3.05) is 19.5 Å². The molecular weight excluding hydrogens is 358 g/mol. The maximum atomic E-state index is 12.6. The molecule has 3 rings (SSSR count). The average Bonchev–Trinajstić information content (AvgIpc) is 3.16. The first-order chi connectivity index (χ1) is 13.5. The number of ether oxygens (including phenoxy) is 2. The third-order valence-corrected chi connectivity index (χ3v) is 4.43. The Morgan fingerprint density at radius 1 is 1.00 bits per heavy atom. The van der Waals surface area contributed by atoms with Gasteiger partial charge in [-0.2, -0.15) is 5.21 Å². The minimum atomic E-state index is -0.338. The second kappa shape index (κ2) is 8.43. The molecule has 0 bridgehead atoms. The number of amides is 1. The number of benzene rings is 2. The molecule has 0 fully saturated rings. The first kappa shape index (κ1) is 19.2. The standard InChI is InChI=1S/C20H23N5O3/c1-12-5-7-15(9-13(12)2)22-19-18(23-25-24-19)20(26)21-11-14-6-8-16(27-3)17(10-14)28-4/h5-10H,11H2,1-4H3,(H,21,26)(H2,22,23,24,25). The highest BCUT2D eigenvalue weighted by molar-refractivity contribution is 5.97. The molecular formula is C20H23N5O3. The Bertz CT molecular complexity index is 984. The first-order valence-electron chi connectivity index (χ1n) is 8.76. The quantitative estimate of drug-likeness (QED) is 0.581. The van der Waals surface area contributed by atoms with E-state index in [1.54, 1.807) is 20.3 Å². The van der Waals surface area contributed by atoms with Crippen LogP contribution in [0.25, 0.3) is 0 Å². The SMILES string of the molecule is COc1ccc(CNC(=O)c2n[nH]nc2Nc2ccc(C)c(C)c2)cc1OC. The van der Waals surface area contributed by atoms with Gasteiger partial charge in [-0.3, -0.25) is 4.79 Å². The fourth-order valence-electron chi connectivity index (χ4n) is 2.69. The van der Waals surface area contributed by atoms with Crippen LogP contribution in [0.2, 0.25) is 0 Å². The topological polar surface area (TPSA) is 101 Å². The predicted octanol–water partition coefficient (Wildman–Crippen LogP) is 3.11. The Morgan fingerprint density at radius 2 is 1.79 bits per heavy atom. The molecule has 1 amide bonds. The number of aromatic nitrogens is 3. The molecule has 0 saturated heterocycles. The van der Waals surface area contributed by atoms with E-state index < -0.39 is 0 Å². The number of carbonyl (C=O) groups is 1. The number of carbonyl (C=O) groups excluding carboxylic acids is 1. The smallest absolute Gasteiger partial charge is 0.275 e. The molecule has 8 heteroatoms. The third-order valence-electron chi connectivity index (χ3n) is 4.43. The van der Waals surface area contributed by atoms with Gasteiger partial charge in [0.25, 0.3) is 5.91 Å². The van der Waals surface area contributed by atoms with Crippen LogP contribution in [0.4, 0.5) is 11.5 Å². The lowest BCUT2D eigenvalue weighted by molar-refractivity contribution is 0.0946. The maximum Gasteiger partial charge on any atom is 0.275 e. The van der Waals surface area contributed by atoms with E-state index in [2.05, 4.69) is 26.0 Å². The van der Waals surface area contributed by atoms with E-state index in [-0.39, 0.29) is 11.6 Å². The van der Waals surface area contributed by atoms with Gasteiger partial charge < -0.3 is 20.1 Å². The molecule has 8 nitrogen and oxygen atoms in total. The van der Waals surface area contributed by atoms with Crippen LogP contribution in [0.5, 0.6) is 11.5 Å². The number of nitrogens with one attached hydrogen (secondary N) is 3. The van der Waals surface area contributed by atoms with Crippen molar-refractivity contribution in [2.45, 2.75) is 20.4 Å². The Hall–Kier alpha value is -3.55. The highest BCUT2D eigenvalue weighted by Crippen LogP contribution is 2.27. The van der Waals surface area contributed by atoms with E-state index in [4.69, 9.17) is 9.47 Å². The maximum absolute atomic E-state index is 12.6. The van der Waals surface area contributed by atoms with Gasteiger partial charge in [-0.1, -0.05) is 12.1 Å². The van der Waals surface area contributed by atoms with Gasteiger partial charge in [0.15, 0.2) is 23.0 Å². The van der Waals surface area contributed by atoms with Crippen LogP contribution in [0.1, 0.15) is 27.2 Å². The molecule has 2 aromatic carbocycles. The minimum absolute atomic E-state index is 0.193. The summed E-state index contributed by atoms with van der Waals surface area (Å²) in [5.41, 5.74) is 4.24. The normalized spacial score (nSPS) is 10.4. The number of anilines is 2. The van der Waals surface area contributed by atoms with Crippen molar-refractivity contribution < 1.29 is 14.3 Å². The Morgan fingerprint density at radius 3 is 2.50 bits per heavy atom. The van der Waals surface area contributed by atoms with E-state index in [0.29, 0.717) is 23.9 Å². The van der Waals surface area contributed by atoms with Crippen molar-refractivity contribution in [1.82, 2.24) is 20.7 Å². The van der Waals surface area contributed by atoms with Crippen LogP contribution in [0, 0.1) is 13.8 Å². The van der Waals surface area contributed by atoms with Crippen LogP contribution in [-0.4, -0.2) is 35.5 Å². The van der Waals surface area contributed by atoms with Gasteiger partial charge in [0.1, 0.15) is 0 Å². The zero-order chi connectivity index (χ0) is 20.1. The second-order valence-electron chi connectivity index (χ2n) is 6.32. The second-order valence-corrected chi connectivity index (χ2v) is 6.32. The number of aromatic amines is 1. The van der Waals surface area contributed by atoms with E-state index in [1.807, 2.05) is 44.2 Å². The molecule has 3 N–H and O–H groups in total. The van der Waals surface area contributed by atoms with Gasteiger partial charge in [0.05, 0.1) is 14.2 Å². The van der Waals surface area contributed by atoms with Gasteiger partial charge >= 0.3 is 0 Å². The van der Waals surface area contributed by atoms with Crippen molar-refractivity contribution in [3.63, 3.8) is 0 Å². The monoisotopic (exact) mass is 381 g/mol. The van der Waals surface area contributed by atoms with Crippen LogP contribution in [0.3, 0.4) is 0 Å². The van der Waals surface area contributed by atoms with Crippen molar-refractivity contribution in [1.29, 1.82) is 0 Å². The number of rotatable bonds is 7. The van der Waals surface area contributed by atoms with E-state index in [0.717, 1.165) is 16.8 Å². The number of methoxy groups -OCH3 is 2. The van der Waals surface area contributed by atoms with Crippen LogP contribution < -0.4 is 20.1 Å². The summed E-state index contributed by atoms with van der Waals surface area (Å²) in [4.78, 5) is 12.6. The number of hydrogen-bond acceptors (Lipinski definition) is 6.